The van der Waals surface area contributed by atoms with Crippen LogP contribution in [0.3, 0.4) is 0 Å². The van der Waals surface area contributed by atoms with Gasteiger partial charge in [0.05, 0.1) is 28.3 Å². The Morgan fingerprint density at radius 2 is 2.15 bits per heavy atom. The van der Waals surface area contributed by atoms with Crippen molar-refractivity contribution in [2.24, 2.45) is 0 Å². The number of hydrogen-bond donors (Lipinski definition) is 1. The first-order chi connectivity index (χ1) is 12.4. The number of aromatic amines is 1. The maximum atomic E-state index is 12.3. The third kappa shape index (κ3) is 4.28. The number of thiazole rings is 1. The van der Waals surface area contributed by atoms with Gasteiger partial charge in [0.15, 0.2) is 0 Å². The molecule has 138 valence electrons. The van der Waals surface area contributed by atoms with Crippen LogP contribution in [0.2, 0.25) is 0 Å². The Morgan fingerprint density at radius 3 is 2.85 bits per heavy atom. The van der Waals surface area contributed by atoms with Crippen molar-refractivity contribution >= 4 is 28.3 Å². The average Bonchev–Trinajstić information content (AvgIpc) is 3.22. The number of aromatic nitrogens is 3. The number of fused-ring (bicyclic) bond motifs is 1. The summed E-state index contributed by atoms with van der Waals surface area (Å²) < 4.78 is 5.55. The number of likely N-dealkylation sites (N-methyl/N-ethyl adjacent to an activating group) is 1. The van der Waals surface area contributed by atoms with E-state index in [0.29, 0.717) is 12.5 Å². The van der Waals surface area contributed by atoms with Crippen LogP contribution in [-0.2, 0) is 22.7 Å². The van der Waals surface area contributed by atoms with Gasteiger partial charge >= 0.3 is 0 Å². The van der Waals surface area contributed by atoms with Gasteiger partial charge in [0.25, 0.3) is 0 Å². The van der Waals surface area contributed by atoms with Crippen molar-refractivity contribution < 1.29 is 9.53 Å². The number of rotatable bonds is 7. The predicted molar refractivity (Wildman–Crippen MR) is 103 cm³/mol. The lowest BCUT2D eigenvalue weighted by molar-refractivity contribution is -0.135. The molecule has 3 aromatic rings. The molecule has 26 heavy (non-hydrogen) atoms. The Bertz CT molecular complexity index is 900. The van der Waals surface area contributed by atoms with E-state index in [-0.39, 0.29) is 19.1 Å². The number of benzene rings is 1. The van der Waals surface area contributed by atoms with Gasteiger partial charge in [0.1, 0.15) is 19.0 Å². The summed E-state index contributed by atoms with van der Waals surface area (Å²) in [6.07, 6.45) is 0. The minimum absolute atomic E-state index is 0.0215. The lowest BCUT2D eigenvalue weighted by atomic mass is 10.2. The molecule has 0 fully saturated rings. The highest BCUT2D eigenvalue weighted by molar-refractivity contribution is 7.09. The summed E-state index contributed by atoms with van der Waals surface area (Å²) in [7, 11) is 1.77. The Labute approximate surface area is 157 Å². The molecule has 6 nitrogen and oxygen atoms in total. The number of nitrogens with zero attached hydrogens (tertiary/aromatic N) is 3. The number of carbonyl (C=O) groups excluding carboxylic acids is 1. The van der Waals surface area contributed by atoms with Crippen molar-refractivity contribution in [2.75, 3.05) is 13.7 Å². The number of H-pyrrole nitrogens is 1. The Hall–Kier alpha value is -2.25. The van der Waals surface area contributed by atoms with Gasteiger partial charge in [0.2, 0.25) is 5.91 Å². The van der Waals surface area contributed by atoms with E-state index < -0.39 is 0 Å². The molecule has 2 aromatic heterocycles. The standard InChI is InChI=1S/C19H24N4O2S/c1-12(2)19-20-14(11-26-19)8-23(4)17(24)10-25-9-16-21-15-7-5-6-13(3)18(15)22-16/h5-7,11-12H,8-10H2,1-4H3,(H,21,22). The van der Waals surface area contributed by atoms with E-state index in [0.717, 1.165) is 33.1 Å². The zero-order chi connectivity index (χ0) is 18.7. The van der Waals surface area contributed by atoms with E-state index >= 15 is 0 Å². The molecular formula is C19H24N4O2S. The first-order valence-electron chi connectivity index (χ1n) is 8.64. The summed E-state index contributed by atoms with van der Waals surface area (Å²) in [5, 5.41) is 3.11. The Morgan fingerprint density at radius 1 is 1.35 bits per heavy atom. The van der Waals surface area contributed by atoms with E-state index in [4.69, 9.17) is 4.74 Å². The zero-order valence-corrected chi connectivity index (χ0v) is 16.4. The number of aryl methyl sites for hydroxylation is 1. The van der Waals surface area contributed by atoms with Gasteiger partial charge in [-0.2, -0.15) is 0 Å². The first kappa shape index (κ1) is 18.5. The molecule has 0 aliphatic heterocycles. The molecule has 3 rings (SSSR count). The van der Waals surface area contributed by atoms with E-state index in [1.54, 1.807) is 23.3 Å². The molecule has 0 aliphatic rings. The second-order valence-electron chi connectivity index (χ2n) is 6.73. The van der Waals surface area contributed by atoms with Crippen LogP contribution in [0.5, 0.6) is 0 Å². The minimum Gasteiger partial charge on any atom is -0.364 e. The molecule has 0 spiro atoms. The monoisotopic (exact) mass is 372 g/mol. The van der Waals surface area contributed by atoms with Crippen molar-refractivity contribution in [3.63, 3.8) is 0 Å². The van der Waals surface area contributed by atoms with Crippen LogP contribution in [-0.4, -0.2) is 39.4 Å². The highest BCUT2D eigenvalue weighted by Gasteiger charge is 2.13. The van der Waals surface area contributed by atoms with Gasteiger partial charge in [-0.1, -0.05) is 26.0 Å². The molecule has 0 saturated carbocycles. The molecule has 0 radical (unpaired) electrons. The number of imidazole rings is 1. The maximum Gasteiger partial charge on any atom is 0.248 e. The first-order valence-corrected chi connectivity index (χ1v) is 9.52. The van der Waals surface area contributed by atoms with Crippen molar-refractivity contribution in [1.82, 2.24) is 19.9 Å². The van der Waals surface area contributed by atoms with Gasteiger partial charge in [-0.25, -0.2) is 9.97 Å². The fourth-order valence-corrected chi connectivity index (χ4v) is 3.46. The van der Waals surface area contributed by atoms with E-state index in [2.05, 4.69) is 28.8 Å². The minimum atomic E-state index is -0.0728. The van der Waals surface area contributed by atoms with Crippen molar-refractivity contribution in [3.05, 3.63) is 45.7 Å². The second-order valence-corrected chi connectivity index (χ2v) is 7.62. The average molecular weight is 372 g/mol. The molecule has 0 aliphatic carbocycles. The summed E-state index contributed by atoms with van der Waals surface area (Å²) >= 11 is 1.64. The largest absolute Gasteiger partial charge is 0.364 e. The quantitative estimate of drug-likeness (QED) is 0.687. The number of ether oxygens (including phenoxy) is 1. The molecule has 0 unspecified atom stereocenters. The van der Waals surface area contributed by atoms with Crippen LogP contribution in [0.1, 0.15) is 41.9 Å². The van der Waals surface area contributed by atoms with E-state index in [9.17, 15) is 4.79 Å². The van der Waals surface area contributed by atoms with Crippen LogP contribution in [0.25, 0.3) is 11.0 Å². The maximum absolute atomic E-state index is 12.3. The van der Waals surface area contributed by atoms with Crippen molar-refractivity contribution in [1.29, 1.82) is 0 Å². The van der Waals surface area contributed by atoms with Gasteiger partial charge in [-0.15, -0.1) is 11.3 Å². The van der Waals surface area contributed by atoms with Crippen LogP contribution in [0.4, 0.5) is 0 Å². The van der Waals surface area contributed by atoms with E-state index in [1.165, 1.54) is 0 Å². The summed E-state index contributed by atoms with van der Waals surface area (Å²) in [4.78, 5) is 26.2. The summed E-state index contributed by atoms with van der Waals surface area (Å²) in [6, 6.07) is 5.99. The van der Waals surface area contributed by atoms with Crippen molar-refractivity contribution in [2.45, 2.75) is 39.8 Å². The normalized spacial score (nSPS) is 11.4. The topological polar surface area (TPSA) is 71.1 Å². The van der Waals surface area contributed by atoms with Crippen LogP contribution < -0.4 is 0 Å². The lowest BCUT2D eigenvalue weighted by Crippen LogP contribution is -2.30. The van der Waals surface area contributed by atoms with Crippen LogP contribution in [0.15, 0.2) is 23.6 Å². The van der Waals surface area contributed by atoms with Gasteiger partial charge in [-0.3, -0.25) is 4.79 Å². The summed E-state index contributed by atoms with van der Waals surface area (Å²) in [5.41, 5.74) is 3.96. The van der Waals surface area contributed by atoms with E-state index in [1.807, 2.05) is 30.5 Å². The SMILES string of the molecule is Cc1cccc2[nH]c(COCC(=O)N(C)Cc3csc(C(C)C)n3)nc12. The molecule has 7 heteroatoms. The van der Waals surface area contributed by atoms with Crippen molar-refractivity contribution in [3.8, 4) is 0 Å². The summed E-state index contributed by atoms with van der Waals surface area (Å²) in [6.45, 7) is 7.05. The molecule has 1 amide bonds. The molecule has 0 atom stereocenters. The Balaban J connectivity index is 1.50. The third-order valence-corrected chi connectivity index (χ3v) is 5.31. The zero-order valence-electron chi connectivity index (χ0n) is 15.6. The van der Waals surface area contributed by atoms with Gasteiger partial charge in [-0.05, 0) is 18.6 Å². The Kier molecular flexibility index (Phi) is 5.68. The lowest BCUT2D eigenvalue weighted by Gasteiger charge is -2.15. The fourth-order valence-electron chi connectivity index (χ4n) is 2.63. The second kappa shape index (κ2) is 7.97. The van der Waals surface area contributed by atoms with Gasteiger partial charge in [0, 0.05) is 18.3 Å². The molecule has 0 bridgehead atoms. The van der Waals surface area contributed by atoms with Crippen LogP contribution in [0, 0.1) is 6.92 Å². The number of amides is 1. The molecule has 1 N–H and O–H groups in total. The molecular weight excluding hydrogens is 348 g/mol. The van der Waals surface area contributed by atoms with Gasteiger partial charge < -0.3 is 14.6 Å². The molecule has 2 heterocycles. The summed E-state index contributed by atoms with van der Waals surface area (Å²) in [5.74, 6) is 1.06. The molecule has 0 saturated heterocycles. The highest BCUT2D eigenvalue weighted by Crippen LogP contribution is 2.20. The number of nitrogens with one attached hydrogen (secondary N) is 1. The predicted octanol–water partition coefficient (Wildman–Crippen LogP) is 3.63. The molecule has 1 aromatic carbocycles. The highest BCUT2D eigenvalue weighted by atomic mass is 32.1. The fraction of sp³-hybridized carbons (Fsp3) is 0.421. The number of hydrogen-bond acceptors (Lipinski definition) is 5. The third-order valence-electron chi connectivity index (χ3n) is 4.12. The number of para-hydroxylation sites is 1. The smallest absolute Gasteiger partial charge is 0.248 e. The van der Waals surface area contributed by atoms with Crippen LogP contribution >= 0.6 is 11.3 Å². The number of carbonyl (C=O) groups is 1.